The third-order valence-corrected chi connectivity index (χ3v) is 3.88. The Morgan fingerprint density at radius 1 is 1.04 bits per heavy atom. The number of halogens is 1. The second-order valence-electron chi connectivity index (χ2n) is 4.95. The van der Waals surface area contributed by atoms with Gasteiger partial charge in [0.15, 0.2) is 0 Å². The number of nitrogens with zero attached hydrogens (tertiary/aromatic N) is 3. The fourth-order valence-electron chi connectivity index (χ4n) is 2.34. The lowest BCUT2D eigenvalue weighted by molar-refractivity contribution is 0.979. The molecule has 0 aliphatic carbocycles. The summed E-state index contributed by atoms with van der Waals surface area (Å²) < 4.78 is 1.01. The van der Waals surface area contributed by atoms with Crippen LogP contribution in [0, 0.1) is 0 Å². The van der Waals surface area contributed by atoms with Gasteiger partial charge in [-0.15, -0.1) is 0 Å². The van der Waals surface area contributed by atoms with Crippen molar-refractivity contribution in [3.63, 3.8) is 0 Å². The number of hydrogen-bond donors (Lipinski definition) is 1. The number of hydrogen-bond acceptors (Lipinski definition) is 4. The van der Waals surface area contributed by atoms with Gasteiger partial charge in [-0.05, 0) is 43.3 Å². The zero-order chi connectivity index (χ0) is 16.1. The molecule has 1 aromatic heterocycles. The Bertz CT molecular complexity index is 777. The normalized spacial score (nSPS) is 10.3. The second kappa shape index (κ2) is 7.24. The minimum Gasteiger partial charge on any atom is -0.327 e. The number of nitrogens with one attached hydrogen (secondary N) is 1. The van der Waals surface area contributed by atoms with E-state index in [0.717, 1.165) is 28.2 Å². The zero-order valence-electron chi connectivity index (χ0n) is 12.8. The summed E-state index contributed by atoms with van der Waals surface area (Å²) in [4.78, 5) is 11.1. The highest BCUT2D eigenvalue weighted by Gasteiger charge is 2.09. The predicted octanol–water partition coefficient (Wildman–Crippen LogP) is 5.14. The third kappa shape index (κ3) is 3.87. The van der Waals surface area contributed by atoms with Crippen LogP contribution in [0.4, 0.5) is 23.1 Å². The van der Waals surface area contributed by atoms with E-state index < -0.39 is 0 Å². The molecule has 0 unspecified atom stereocenters. The average molecular weight is 369 g/mol. The van der Waals surface area contributed by atoms with E-state index in [-0.39, 0.29) is 0 Å². The van der Waals surface area contributed by atoms with Crippen molar-refractivity contribution < 1.29 is 0 Å². The van der Waals surface area contributed by atoms with Crippen LogP contribution in [-0.2, 0) is 0 Å². The van der Waals surface area contributed by atoms with Crippen LogP contribution < -0.4 is 10.2 Å². The predicted molar refractivity (Wildman–Crippen MR) is 98.6 cm³/mol. The van der Waals surface area contributed by atoms with Crippen molar-refractivity contribution >= 4 is 39.1 Å². The molecule has 0 amide bonds. The van der Waals surface area contributed by atoms with Crippen molar-refractivity contribution in [3.05, 3.63) is 71.3 Å². The van der Waals surface area contributed by atoms with Crippen LogP contribution in [-0.4, -0.2) is 16.5 Å². The highest BCUT2D eigenvalue weighted by molar-refractivity contribution is 9.10. The number of benzene rings is 2. The molecule has 1 heterocycles. The maximum absolute atomic E-state index is 4.63. The molecule has 3 aromatic rings. The molecule has 0 atom stereocenters. The summed E-state index contributed by atoms with van der Waals surface area (Å²) in [6.45, 7) is 2.94. The summed E-state index contributed by atoms with van der Waals surface area (Å²) in [6.07, 6.45) is 1.77. The van der Waals surface area contributed by atoms with Crippen LogP contribution in [0.2, 0.25) is 0 Å². The van der Waals surface area contributed by atoms with Gasteiger partial charge in [-0.1, -0.05) is 40.2 Å². The zero-order valence-corrected chi connectivity index (χ0v) is 14.4. The molecule has 23 heavy (non-hydrogen) atoms. The molecular weight excluding hydrogens is 352 g/mol. The minimum atomic E-state index is 0.579. The van der Waals surface area contributed by atoms with Crippen LogP contribution in [0.5, 0.6) is 0 Å². The van der Waals surface area contributed by atoms with Gasteiger partial charge in [-0.25, -0.2) is 4.98 Å². The van der Waals surface area contributed by atoms with Gasteiger partial charge < -0.3 is 10.2 Å². The van der Waals surface area contributed by atoms with Gasteiger partial charge >= 0.3 is 0 Å². The van der Waals surface area contributed by atoms with E-state index in [4.69, 9.17) is 0 Å². The lowest BCUT2D eigenvalue weighted by Gasteiger charge is -2.22. The van der Waals surface area contributed by atoms with E-state index in [2.05, 4.69) is 55.2 Å². The van der Waals surface area contributed by atoms with Gasteiger partial charge in [0, 0.05) is 28.6 Å². The quantitative estimate of drug-likeness (QED) is 0.676. The molecule has 116 valence electrons. The van der Waals surface area contributed by atoms with Crippen molar-refractivity contribution in [3.8, 4) is 0 Å². The van der Waals surface area contributed by atoms with E-state index in [9.17, 15) is 0 Å². The molecule has 0 saturated heterocycles. The smallest absolute Gasteiger partial charge is 0.229 e. The largest absolute Gasteiger partial charge is 0.327 e. The van der Waals surface area contributed by atoms with E-state index in [1.165, 1.54) is 0 Å². The molecule has 5 heteroatoms. The molecule has 4 nitrogen and oxygen atoms in total. The monoisotopic (exact) mass is 368 g/mol. The summed E-state index contributed by atoms with van der Waals surface area (Å²) in [6, 6.07) is 20.1. The van der Waals surface area contributed by atoms with E-state index in [0.29, 0.717) is 5.95 Å². The van der Waals surface area contributed by atoms with Gasteiger partial charge in [-0.2, -0.15) is 4.98 Å². The van der Waals surface area contributed by atoms with Crippen LogP contribution in [0.15, 0.2) is 71.3 Å². The Hall–Kier alpha value is -2.40. The van der Waals surface area contributed by atoms with Crippen LogP contribution in [0.1, 0.15) is 6.92 Å². The van der Waals surface area contributed by atoms with Crippen LogP contribution in [0.3, 0.4) is 0 Å². The van der Waals surface area contributed by atoms with Crippen LogP contribution in [0.25, 0.3) is 0 Å². The topological polar surface area (TPSA) is 41.1 Å². The molecule has 0 spiro atoms. The summed E-state index contributed by atoms with van der Waals surface area (Å²) in [7, 11) is 0. The molecule has 1 N–H and O–H groups in total. The Balaban J connectivity index is 1.87. The van der Waals surface area contributed by atoms with Crippen molar-refractivity contribution in [2.75, 3.05) is 16.8 Å². The summed E-state index contributed by atoms with van der Waals surface area (Å²) in [5.41, 5.74) is 2.06. The van der Waals surface area contributed by atoms with Crippen LogP contribution >= 0.6 is 15.9 Å². The number of aromatic nitrogens is 2. The lowest BCUT2D eigenvalue weighted by Crippen LogP contribution is -2.17. The molecule has 0 aliphatic heterocycles. The summed E-state index contributed by atoms with van der Waals surface area (Å²) >= 11 is 3.47. The fraction of sp³-hybridized carbons (Fsp3) is 0.111. The van der Waals surface area contributed by atoms with Crippen molar-refractivity contribution in [2.45, 2.75) is 6.92 Å². The van der Waals surface area contributed by atoms with E-state index in [1.54, 1.807) is 6.20 Å². The van der Waals surface area contributed by atoms with Crippen molar-refractivity contribution in [2.24, 2.45) is 0 Å². The Kier molecular flexibility index (Phi) is 4.88. The highest BCUT2D eigenvalue weighted by Crippen LogP contribution is 2.24. The Morgan fingerprint density at radius 3 is 2.61 bits per heavy atom. The molecule has 0 aliphatic rings. The Morgan fingerprint density at radius 2 is 1.87 bits per heavy atom. The number of para-hydroxylation sites is 1. The van der Waals surface area contributed by atoms with E-state index in [1.807, 2.05) is 48.5 Å². The minimum absolute atomic E-state index is 0.579. The molecule has 0 radical (unpaired) electrons. The first kappa shape index (κ1) is 15.5. The number of rotatable bonds is 5. The maximum Gasteiger partial charge on any atom is 0.229 e. The van der Waals surface area contributed by atoms with Gasteiger partial charge in [0.05, 0.1) is 0 Å². The Labute approximate surface area is 144 Å². The fourth-order valence-corrected chi connectivity index (χ4v) is 2.74. The van der Waals surface area contributed by atoms with Gasteiger partial charge in [0.2, 0.25) is 5.95 Å². The lowest BCUT2D eigenvalue weighted by atomic mass is 10.3. The molecule has 0 saturated carbocycles. The summed E-state index contributed by atoms with van der Waals surface area (Å²) in [5, 5.41) is 3.24. The van der Waals surface area contributed by atoms with Gasteiger partial charge in [0.25, 0.3) is 0 Å². The highest BCUT2D eigenvalue weighted by atomic mass is 79.9. The maximum atomic E-state index is 4.63. The summed E-state index contributed by atoms with van der Waals surface area (Å²) in [5.74, 6) is 1.45. The number of anilines is 4. The average Bonchev–Trinajstić information content (AvgIpc) is 2.57. The first-order chi connectivity index (χ1) is 11.3. The third-order valence-electron chi connectivity index (χ3n) is 3.38. The standard InChI is InChI=1S/C18H17BrN4/c1-2-23(16-9-4-3-5-10-16)17-11-12-20-18(22-17)21-15-8-6-7-14(19)13-15/h3-13H,2H2,1H3,(H,20,21,22). The van der Waals surface area contributed by atoms with Gasteiger partial charge in [0.1, 0.15) is 5.82 Å². The molecule has 0 bridgehead atoms. The first-order valence-corrected chi connectivity index (χ1v) is 8.24. The SMILES string of the molecule is CCN(c1ccccc1)c1ccnc(Nc2cccc(Br)c2)n1. The second-order valence-corrected chi connectivity index (χ2v) is 5.87. The molecule has 3 rings (SSSR count). The van der Waals surface area contributed by atoms with Gasteiger partial charge in [-0.3, -0.25) is 0 Å². The van der Waals surface area contributed by atoms with Crippen molar-refractivity contribution in [1.82, 2.24) is 9.97 Å². The first-order valence-electron chi connectivity index (χ1n) is 7.44. The molecule has 2 aromatic carbocycles. The molecule has 0 fully saturated rings. The van der Waals surface area contributed by atoms with E-state index >= 15 is 0 Å². The molecular formula is C18H17BrN4. The van der Waals surface area contributed by atoms with Crippen molar-refractivity contribution in [1.29, 1.82) is 0 Å².